The molecule has 7 heteroatoms. The van der Waals surface area contributed by atoms with Crippen LogP contribution in [0.1, 0.15) is 24.2 Å². The fourth-order valence-corrected chi connectivity index (χ4v) is 3.05. The van der Waals surface area contributed by atoms with Crippen molar-refractivity contribution in [3.05, 3.63) is 34.3 Å². The van der Waals surface area contributed by atoms with Crippen LogP contribution in [0.15, 0.2) is 28.7 Å². The van der Waals surface area contributed by atoms with Crippen molar-refractivity contribution in [2.24, 2.45) is 5.92 Å². The fourth-order valence-electron chi connectivity index (χ4n) is 1.80. The summed E-state index contributed by atoms with van der Waals surface area (Å²) in [5, 5.41) is 2.73. The molecule has 0 saturated heterocycles. The molecule has 1 rings (SSSR count). The van der Waals surface area contributed by atoms with Gasteiger partial charge in [0.1, 0.15) is 0 Å². The number of amides is 1. The number of benzene rings is 1. The molecule has 1 aromatic rings. The van der Waals surface area contributed by atoms with Crippen molar-refractivity contribution in [3.63, 3.8) is 0 Å². The van der Waals surface area contributed by atoms with Crippen LogP contribution in [0, 0.1) is 5.92 Å². The molecule has 0 heterocycles. The predicted molar refractivity (Wildman–Crippen MR) is 87.7 cm³/mol. The summed E-state index contributed by atoms with van der Waals surface area (Å²) >= 11 is 3.31. The van der Waals surface area contributed by atoms with E-state index in [2.05, 4.69) is 21.2 Å². The Kier molecular flexibility index (Phi) is 6.83. The van der Waals surface area contributed by atoms with E-state index in [0.717, 1.165) is 4.47 Å². The van der Waals surface area contributed by atoms with E-state index in [1.165, 1.54) is 10.6 Å². The lowest BCUT2D eigenvalue weighted by Gasteiger charge is -2.22. The Morgan fingerprint density at radius 1 is 1.29 bits per heavy atom. The Balaban J connectivity index is 2.54. The molecule has 21 heavy (non-hydrogen) atoms. The van der Waals surface area contributed by atoms with Gasteiger partial charge in [-0.25, -0.2) is 12.7 Å². The Bertz CT molecular complexity index is 570. The lowest BCUT2D eigenvalue weighted by atomic mass is 10.2. The molecular weight excluding hydrogens is 356 g/mol. The van der Waals surface area contributed by atoms with Gasteiger partial charge in [-0.15, -0.1) is 0 Å². The van der Waals surface area contributed by atoms with Crippen LogP contribution in [-0.2, 0) is 10.0 Å². The van der Waals surface area contributed by atoms with Gasteiger partial charge < -0.3 is 5.32 Å². The second-order valence-electron chi connectivity index (χ2n) is 5.28. The van der Waals surface area contributed by atoms with Gasteiger partial charge in [-0.1, -0.05) is 29.8 Å². The largest absolute Gasteiger partial charge is 0.351 e. The summed E-state index contributed by atoms with van der Waals surface area (Å²) in [5.41, 5.74) is 0.549. The van der Waals surface area contributed by atoms with Crippen molar-refractivity contribution >= 4 is 31.9 Å². The highest BCUT2D eigenvalue weighted by atomic mass is 79.9. The Hall–Kier alpha value is -0.920. The maximum atomic E-state index is 11.9. The van der Waals surface area contributed by atoms with Crippen LogP contribution in [-0.4, -0.2) is 44.5 Å². The SMILES string of the molecule is CC(C)CN(CCNC(=O)c1ccc(Br)cc1)S(C)(=O)=O. The van der Waals surface area contributed by atoms with Crippen LogP contribution in [0.3, 0.4) is 0 Å². The summed E-state index contributed by atoms with van der Waals surface area (Å²) in [7, 11) is -3.25. The molecule has 0 radical (unpaired) electrons. The van der Waals surface area contributed by atoms with Gasteiger partial charge in [0.25, 0.3) is 5.91 Å². The van der Waals surface area contributed by atoms with E-state index in [1.54, 1.807) is 24.3 Å². The van der Waals surface area contributed by atoms with Crippen LogP contribution < -0.4 is 5.32 Å². The highest BCUT2D eigenvalue weighted by Gasteiger charge is 2.17. The second kappa shape index (κ2) is 7.91. The van der Waals surface area contributed by atoms with Crippen molar-refractivity contribution in [2.75, 3.05) is 25.9 Å². The van der Waals surface area contributed by atoms with Crippen molar-refractivity contribution in [1.82, 2.24) is 9.62 Å². The molecule has 1 aromatic carbocycles. The molecule has 0 saturated carbocycles. The van der Waals surface area contributed by atoms with Gasteiger partial charge in [0, 0.05) is 29.7 Å². The van der Waals surface area contributed by atoms with Crippen molar-refractivity contribution in [2.45, 2.75) is 13.8 Å². The number of nitrogens with one attached hydrogen (secondary N) is 1. The summed E-state index contributed by atoms with van der Waals surface area (Å²) in [5.74, 6) is 0.0300. The van der Waals surface area contributed by atoms with E-state index in [-0.39, 0.29) is 24.9 Å². The number of rotatable bonds is 7. The minimum absolute atomic E-state index is 0.208. The van der Waals surface area contributed by atoms with E-state index in [9.17, 15) is 13.2 Å². The Labute approximate surface area is 134 Å². The highest BCUT2D eigenvalue weighted by molar-refractivity contribution is 9.10. The molecule has 0 bridgehead atoms. The number of halogens is 1. The van der Waals surface area contributed by atoms with E-state index in [0.29, 0.717) is 12.1 Å². The molecule has 5 nitrogen and oxygen atoms in total. The van der Waals surface area contributed by atoms with Crippen LogP contribution in [0.2, 0.25) is 0 Å². The third kappa shape index (κ3) is 6.58. The van der Waals surface area contributed by atoms with Gasteiger partial charge >= 0.3 is 0 Å². The van der Waals surface area contributed by atoms with E-state index < -0.39 is 10.0 Å². The molecule has 0 unspecified atom stereocenters. The number of nitrogens with zero attached hydrogens (tertiary/aromatic N) is 1. The third-order valence-corrected chi connectivity index (χ3v) is 4.59. The van der Waals surface area contributed by atoms with Gasteiger partial charge in [-0.2, -0.15) is 0 Å². The maximum absolute atomic E-state index is 11.9. The van der Waals surface area contributed by atoms with Crippen molar-refractivity contribution in [1.29, 1.82) is 0 Å². The quantitative estimate of drug-likeness (QED) is 0.792. The molecule has 118 valence electrons. The number of sulfonamides is 1. The lowest BCUT2D eigenvalue weighted by Crippen LogP contribution is -2.39. The topological polar surface area (TPSA) is 66.5 Å². The molecule has 0 spiro atoms. The van der Waals surface area contributed by atoms with Crippen LogP contribution in [0.5, 0.6) is 0 Å². The summed E-state index contributed by atoms with van der Waals surface area (Å²) in [6.45, 7) is 4.93. The minimum atomic E-state index is -3.25. The molecule has 0 atom stereocenters. The fraction of sp³-hybridized carbons (Fsp3) is 0.500. The van der Waals surface area contributed by atoms with Gasteiger partial charge in [0.2, 0.25) is 10.0 Å². The zero-order chi connectivity index (χ0) is 16.0. The highest BCUT2D eigenvalue weighted by Crippen LogP contribution is 2.10. The predicted octanol–water partition coefficient (Wildman–Crippen LogP) is 2.10. The standard InChI is InChI=1S/C14H21BrN2O3S/c1-11(2)10-17(21(3,19)20)9-8-16-14(18)12-4-6-13(15)7-5-12/h4-7,11H,8-10H2,1-3H3,(H,16,18). The Morgan fingerprint density at radius 2 is 1.86 bits per heavy atom. The normalized spacial score (nSPS) is 11.9. The van der Waals surface area contributed by atoms with E-state index >= 15 is 0 Å². The van der Waals surface area contributed by atoms with Crippen LogP contribution in [0.4, 0.5) is 0 Å². The van der Waals surface area contributed by atoms with Crippen LogP contribution in [0.25, 0.3) is 0 Å². The molecule has 0 aromatic heterocycles. The zero-order valence-corrected chi connectivity index (χ0v) is 14.9. The van der Waals surface area contributed by atoms with Gasteiger partial charge in [0.05, 0.1) is 6.26 Å². The van der Waals surface area contributed by atoms with Gasteiger partial charge in [0.15, 0.2) is 0 Å². The minimum Gasteiger partial charge on any atom is -0.351 e. The average molecular weight is 377 g/mol. The molecule has 0 aliphatic rings. The summed E-state index contributed by atoms with van der Waals surface area (Å²) in [4.78, 5) is 11.9. The molecule has 0 aliphatic carbocycles. The number of carbonyl (C=O) groups is 1. The molecular formula is C14H21BrN2O3S. The van der Waals surface area contributed by atoms with E-state index in [1.807, 2.05) is 13.8 Å². The summed E-state index contributed by atoms with van der Waals surface area (Å²) in [6, 6.07) is 7.00. The first-order chi connectivity index (χ1) is 9.70. The summed E-state index contributed by atoms with van der Waals surface area (Å²) < 4.78 is 25.6. The van der Waals surface area contributed by atoms with Gasteiger partial charge in [-0.3, -0.25) is 4.79 Å². The molecule has 0 fully saturated rings. The molecule has 1 amide bonds. The first kappa shape index (κ1) is 18.1. The number of hydrogen-bond donors (Lipinski definition) is 1. The number of carbonyl (C=O) groups excluding carboxylic acids is 1. The zero-order valence-electron chi connectivity index (χ0n) is 12.5. The van der Waals surface area contributed by atoms with Crippen molar-refractivity contribution < 1.29 is 13.2 Å². The molecule has 1 N–H and O–H groups in total. The first-order valence-corrected chi connectivity index (χ1v) is 9.33. The Morgan fingerprint density at radius 3 is 2.33 bits per heavy atom. The van der Waals surface area contributed by atoms with E-state index in [4.69, 9.17) is 0 Å². The first-order valence-electron chi connectivity index (χ1n) is 6.69. The van der Waals surface area contributed by atoms with Crippen LogP contribution >= 0.6 is 15.9 Å². The lowest BCUT2D eigenvalue weighted by molar-refractivity contribution is 0.0951. The number of hydrogen-bond acceptors (Lipinski definition) is 3. The molecule has 0 aliphatic heterocycles. The summed E-state index contributed by atoms with van der Waals surface area (Å²) in [6.07, 6.45) is 1.19. The van der Waals surface area contributed by atoms with Crippen molar-refractivity contribution in [3.8, 4) is 0 Å². The monoisotopic (exact) mass is 376 g/mol. The second-order valence-corrected chi connectivity index (χ2v) is 8.18. The third-order valence-electron chi connectivity index (χ3n) is 2.79. The smallest absolute Gasteiger partial charge is 0.251 e. The van der Waals surface area contributed by atoms with Gasteiger partial charge in [-0.05, 0) is 30.2 Å². The maximum Gasteiger partial charge on any atom is 0.251 e. The average Bonchev–Trinajstić information content (AvgIpc) is 2.36.